The molecule has 2 fully saturated rings. The molecular weight excluding hydrogens is 224 g/mol. The Morgan fingerprint density at radius 2 is 2.06 bits per heavy atom. The van der Waals surface area contributed by atoms with Crippen molar-refractivity contribution >= 4 is 5.69 Å². The van der Waals surface area contributed by atoms with Crippen molar-refractivity contribution < 1.29 is 5.11 Å². The number of pyridine rings is 1. The molecule has 0 amide bonds. The van der Waals surface area contributed by atoms with E-state index >= 15 is 0 Å². The molecule has 1 saturated heterocycles. The third-order valence-electron chi connectivity index (χ3n) is 4.54. The minimum absolute atomic E-state index is 0.0375. The largest absolute Gasteiger partial charge is 0.390 e. The van der Waals surface area contributed by atoms with Crippen LogP contribution in [-0.4, -0.2) is 22.7 Å². The van der Waals surface area contributed by atoms with E-state index < -0.39 is 0 Å². The number of aromatic nitrogens is 1. The predicted molar refractivity (Wildman–Crippen MR) is 72.5 cm³/mol. The number of aliphatic hydroxyl groups is 1. The average Bonchev–Trinajstić information content (AvgIpc) is 3.09. The van der Waals surface area contributed by atoms with Crippen LogP contribution in [-0.2, 0) is 6.61 Å². The van der Waals surface area contributed by atoms with Gasteiger partial charge in [0.1, 0.15) is 0 Å². The van der Waals surface area contributed by atoms with E-state index in [1.165, 1.54) is 44.2 Å². The molecule has 0 radical (unpaired) electrons. The van der Waals surface area contributed by atoms with E-state index in [9.17, 15) is 5.11 Å². The number of hydrogen-bond acceptors (Lipinski definition) is 3. The Labute approximate surface area is 109 Å². The summed E-state index contributed by atoms with van der Waals surface area (Å²) in [5.41, 5.74) is 2.04. The second-order valence-corrected chi connectivity index (χ2v) is 5.61. The van der Waals surface area contributed by atoms with Gasteiger partial charge in [0.2, 0.25) is 0 Å². The summed E-state index contributed by atoms with van der Waals surface area (Å²) in [5.74, 6) is 0.887. The molecular formula is C15H22N2O. The number of nitrogens with zero attached hydrogens (tertiary/aromatic N) is 2. The fraction of sp³-hybridized carbons (Fsp3) is 0.667. The van der Waals surface area contributed by atoms with E-state index in [2.05, 4.69) is 16.0 Å². The van der Waals surface area contributed by atoms with Crippen LogP contribution in [0.5, 0.6) is 0 Å². The van der Waals surface area contributed by atoms with Crippen LogP contribution in [0.15, 0.2) is 18.3 Å². The van der Waals surface area contributed by atoms with Crippen LogP contribution in [0, 0.1) is 5.92 Å². The van der Waals surface area contributed by atoms with Crippen LogP contribution < -0.4 is 4.90 Å². The molecule has 0 aromatic carbocycles. The Bertz CT molecular complexity index is 401. The Morgan fingerprint density at radius 3 is 2.83 bits per heavy atom. The zero-order chi connectivity index (χ0) is 12.4. The zero-order valence-electron chi connectivity index (χ0n) is 10.9. The van der Waals surface area contributed by atoms with Gasteiger partial charge in [0, 0.05) is 24.5 Å². The Morgan fingerprint density at radius 1 is 1.22 bits per heavy atom. The summed E-state index contributed by atoms with van der Waals surface area (Å²) in [5, 5.41) is 9.20. The minimum atomic E-state index is 0.0375. The van der Waals surface area contributed by atoms with Crippen LogP contribution in [0.4, 0.5) is 5.69 Å². The summed E-state index contributed by atoms with van der Waals surface area (Å²) >= 11 is 0. The fourth-order valence-corrected chi connectivity index (χ4v) is 3.68. The first-order chi connectivity index (χ1) is 8.88. The molecule has 1 aliphatic carbocycles. The maximum atomic E-state index is 9.20. The van der Waals surface area contributed by atoms with E-state index in [0.717, 1.165) is 24.2 Å². The average molecular weight is 246 g/mol. The van der Waals surface area contributed by atoms with Gasteiger partial charge < -0.3 is 10.0 Å². The molecule has 1 atom stereocenters. The van der Waals surface area contributed by atoms with E-state index in [-0.39, 0.29) is 6.61 Å². The molecule has 0 bridgehead atoms. The van der Waals surface area contributed by atoms with E-state index in [4.69, 9.17) is 0 Å². The van der Waals surface area contributed by atoms with Gasteiger partial charge in [0.15, 0.2) is 0 Å². The summed E-state index contributed by atoms with van der Waals surface area (Å²) in [6.45, 7) is 1.20. The first kappa shape index (κ1) is 12.0. The highest BCUT2D eigenvalue weighted by Crippen LogP contribution is 2.37. The quantitative estimate of drug-likeness (QED) is 0.891. The van der Waals surface area contributed by atoms with Crippen LogP contribution in [0.3, 0.4) is 0 Å². The number of aliphatic hydroxyl groups excluding tert-OH is 1. The highest BCUT2D eigenvalue weighted by Gasteiger charge is 2.33. The summed E-state index contributed by atoms with van der Waals surface area (Å²) in [7, 11) is 0. The number of rotatable bonds is 3. The van der Waals surface area contributed by atoms with E-state index in [0.29, 0.717) is 0 Å². The third kappa shape index (κ3) is 2.24. The Kier molecular flexibility index (Phi) is 3.50. The van der Waals surface area contributed by atoms with Crippen molar-refractivity contribution in [2.45, 2.75) is 51.2 Å². The predicted octanol–water partition coefficient (Wildman–Crippen LogP) is 2.73. The summed E-state index contributed by atoms with van der Waals surface area (Å²) in [6.07, 6.45) is 10.1. The van der Waals surface area contributed by atoms with Gasteiger partial charge in [-0.3, -0.25) is 4.98 Å². The topological polar surface area (TPSA) is 36.4 Å². The van der Waals surface area contributed by atoms with E-state index in [1.807, 2.05) is 12.3 Å². The van der Waals surface area contributed by atoms with Crippen molar-refractivity contribution in [2.75, 3.05) is 11.4 Å². The Hall–Kier alpha value is -1.09. The van der Waals surface area contributed by atoms with Crippen molar-refractivity contribution in [3.63, 3.8) is 0 Å². The van der Waals surface area contributed by atoms with Crippen molar-refractivity contribution in [3.05, 3.63) is 24.0 Å². The molecule has 18 heavy (non-hydrogen) atoms. The molecule has 1 aromatic rings. The lowest BCUT2D eigenvalue weighted by Gasteiger charge is -2.31. The Balaban J connectivity index is 1.80. The standard InChI is InChI=1S/C15H22N2O/c18-11-13-10-14(7-8-16-13)17-9-3-6-15(17)12-4-1-2-5-12/h7-8,10,12,15,18H,1-6,9,11H2. The lowest BCUT2D eigenvalue weighted by atomic mass is 9.96. The normalized spacial score (nSPS) is 24.9. The van der Waals surface area contributed by atoms with Gasteiger partial charge in [-0.1, -0.05) is 12.8 Å². The molecule has 3 heteroatoms. The number of anilines is 1. The molecule has 1 unspecified atom stereocenters. The van der Waals surface area contributed by atoms with E-state index in [1.54, 1.807) is 0 Å². The highest BCUT2D eigenvalue weighted by molar-refractivity contribution is 5.48. The second kappa shape index (κ2) is 5.27. The molecule has 0 spiro atoms. The number of hydrogen-bond donors (Lipinski definition) is 1. The lowest BCUT2D eigenvalue weighted by molar-refractivity contribution is 0.277. The van der Waals surface area contributed by atoms with Gasteiger partial charge in [-0.25, -0.2) is 0 Å². The summed E-state index contributed by atoms with van der Waals surface area (Å²) < 4.78 is 0. The summed E-state index contributed by atoms with van der Waals surface area (Å²) in [4.78, 5) is 6.73. The monoisotopic (exact) mass is 246 g/mol. The van der Waals surface area contributed by atoms with Gasteiger partial charge in [0.25, 0.3) is 0 Å². The van der Waals surface area contributed by atoms with Crippen LogP contribution in [0.1, 0.15) is 44.2 Å². The molecule has 1 aromatic heterocycles. The van der Waals surface area contributed by atoms with Crippen molar-refractivity contribution in [1.29, 1.82) is 0 Å². The van der Waals surface area contributed by atoms with Gasteiger partial charge in [0.05, 0.1) is 12.3 Å². The maximum absolute atomic E-state index is 9.20. The minimum Gasteiger partial charge on any atom is -0.390 e. The summed E-state index contributed by atoms with van der Waals surface area (Å²) in [6, 6.07) is 4.86. The van der Waals surface area contributed by atoms with Gasteiger partial charge in [-0.05, 0) is 43.7 Å². The van der Waals surface area contributed by atoms with Crippen LogP contribution in [0.2, 0.25) is 0 Å². The first-order valence-corrected chi connectivity index (χ1v) is 7.21. The molecule has 1 aliphatic heterocycles. The molecule has 1 N–H and O–H groups in total. The molecule has 1 saturated carbocycles. The van der Waals surface area contributed by atoms with Crippen molar-refractivity contribution in [2.24, 2.45) is 5.92 Å². The maximum Gasteiger partial charge on any atom is 0.0853 e. The highest BCUT2D eigenvalue weighted by atomic mass is 16.3. The van der Waals surface area contributed by atoms with Crippen LogP contribution >= 0.6 is 0 Å². The molecule has 2 aliphatic rings. The molecule has 3 rings (SSSR count). The second-order valence-electron chi connectivity index (χ2n) is 5.61. The van der Waals surface area contributed by atoms with Crippen molar-refractivity contribution in [1.82, 2.24) is 4.98 Å². The SMILES string of the molecule is OCc1cc(N2CCCC2C2CCCC2)ccn1. The van der Waals surface area contributed by atoms with Gasteiger partial charge in [-0.15, -0.1) is 0 Å². The van der Waals surface area contributed by atoms with Crippen LogP contribution in [0.25, 0.3) is 0 Å². The third-order valence-corrected chi connectivity index (χ3v) is 4.54. The van der Waals surface area contributed by atoms with Crippen molar-refractivity contribution in [3.8, 4) is 0 Å². The zero-order valence-corrected chi connectivity index (χ0v) is 10.9. The molecule has 3 nitrogen and oxygen atoms in total. The fourth-order valence-electron chi connectivity index (χ4n) is 3.68. The van der Waals surface area contributed by atoms with Gasteiger partial charge >= 0.3 is 0 Å². The smallest absolute Gasteiger partial charge is 0.0853 e. The lowest BCUT2D eigenvalue weighted by Crippen LogP contribution is -2.34. The molecule has 98 valence electrons. The molecule has 2 heterocycles. The first-order valence-electron chi connectivity index (χ1n) is 7.21. The van der Waals surface area contributed by atoms with Gasteiger partial charge in [-0.2, -0.15) is 0 Å².